The molecule has 0 aliphatic carbocycles. The summed E-state index contributed by atoms with van der Waals surface area (Å²) in [5, 5.41) is 6.01. The molecule has 0 fully saturated rings. The van der Waals surface area contributed by atoms with Gasteiger partial charge < -0.3 is 27.0 Å². The van der Waals surface area contributed by atoms with Gasteiger partial charge in [0.15, 0.2) is 11.5 Å². The zero-order valence-electron chi connectivity index (χ0n) is 25.0. The van der Waals surface area contributed by atoms with Gasteiger partial charge in [0.1, 0.15) is 0 Å². The summed E-state index contributed by atoms with van der Waals surface area (Å²) in [4.78, 5) is 30.3. The van der Waals surface area contributed by atoms with E-state index >= 15 is 0 Å². The first-order chi connectivity index (χ1) is 19.5. The van der Waals surface area contributed by atoms with Gasteiger partial charge in [0.05, 0.1) is 34.7 Å². The molecule has 7 heteroatoms. The van der Waals surface area contributed by atoms with Crippen LogP contribution in [0.3, 0.4) is 0 Å². The van der Waals surface area contributed by atoms with Crippen LogP contribution >= 0.6 is 11.8 Å². The predicted molar refractivity (Wildman–Crippen MR) is 170 cm³/mol. The largest absolute Gasteiger partial charge is 1.00 e. The van der Waals surface area contributed by atoms with Crippen LogP contribution in [-0.4, -0.2) is 23.3 Å². The predicted octanol–water partition coefficient (Wildman–Crippen LogP) is 6.11. The highest BCUT2D eigenvalue weighted by molar-refractivity contribution is 8.16. The average molecular weight is 643 g/mol. The number of aliphatic imine (C=N–C) groups is 1. The van der Waals surface area contributed by atoms with Crippen molar-refractivity contribution in [3.8, 4) is 5.75 Å². The number of ketones is 1. The summed E-state index contributed by atoms with van der Waals surface area (Å²) in [5.41, 5.74) is 3.50. The highest BCUT2D eigenvalue weighted by atomic mass is 79.9. The molecule has 2 aromatic carbocycles. The standard InChI is InChI=1S/C34H46N2O3S.BrH/c1-4-5-6-7-8-9-10-11-12-13-14-17-23-39-33-29(27(3)37)21-18-22-31(33)36-34(38)30-20-16-15-19-28(30)24-32-35-26(2)25-40-32;/h15-16,18-22,25H,4-14,17,23-24H2,1-3H3,(H,36,38);1H/q+1;/p-1. The number of hydrogen-bond donors (Lipinski definition) is 1. The molecule has 1 aliphatic rings. The molecule has 1 amide bonds. The van der Waals surface area contributed by atoms with Crippen molar-refractivity contribution in [1.29, 1.82) is 0 Å². The van der Waals surface area contributed by atoms with Crippen LogP contribution in [0.4, 0.5) is 5.69 Å². The molecule has 2 aromatic rings. The van der Waals surface area contributed by atoms with E-state index in [1.165, 1.54) is 71.1 Å². The second-order valence-corrected chi connectivity index (χ2v) is 11.6. The molecule has 41 heavy (non-hydrogen) atoms. The Labute approximate surface area is 261 Å². The van der Waals surface area contributed by atoms with Crippen molar-refractivity contribution in [2.24, 2.45) is 0 Å². The number of ether oxygens (including phenoxy) is 1. The number of allylic oxidation sites excluding steroid dienone is 1. The van der Waals surface area contributed by atoms with Crippen LogP contribution in [0.15, 0.2) is 53.6 Å². The van der Waals surface area contributed by atoms with Gasteiger partial charge in [-0.15, -0.1) is 0 Å². The number of amides is 1. The SMILES string of the molecule is CCCCCCCCCCCCCCOc1c(NC(=O)c2ccccc2CC2=[N+]C(C)=CS2)cccc1C(C)=O.[Br-]. The summed E-state index contributed by atoms with van der Waals surface area (Å²) in [6, 6.07) is 12.9. The van der Waals surface area contributed by atoms with Gasteiger partial charge in [-0.3, -0.25) is 9.59 Å². The van der Waals surface area contributed by atoms with E-state index in [-0.39, 0.29) is 28.7 Å². The average Bonchev–Trinajstić information content (AvgIpc) is 3.36. The Morgan fingerprint density at radius 3 is 2.05 bits per heavy atom. The molecule has 5 nitrogen and oxygen atoms in total. The summed E-state index contributed by atoms with van der Waals surface area (Å²) in [6.07, 6.45) is 15.9. The van der Waals surface area contributed by atoms with Crippen LogP contribution in [0.2, 0.25) is 0 Å². The molecule has 3 rings (SSSR count). The number of nitrogens with zero attached hydrogens (tertiary/aromatic N) is 1. The minimum absolute atomic E-state index is 0. The van der Waals surface area contributed by atoms with Crippen LogP contribution in [0, 0.1) is 0 Å². The number of carbonyl (C=O) groups is 2. The number of halogens is 1. The smallest absolute Gasteiger partial charge is 0.296 e. The molecule has 1 aliphatic heterocycles. The molecule has 1 N–H and O–H groups in total. The number of benzene rings is 2. The molecule has 1 radical (unpaired) electrons. The van der Waals surface area contributed by atoms with Crippen molar-refractivity contribution in [3.05, 3.63) is 70.3 Å². The van der Waals surface area contributed by atoms with E-state index < -0.39 is 0 Å². The molecule has 0 bridgehead atoms. The Morgan fingerprint density at radius 1 is 0.829 bits per heavy atom. The van der Waals surface area contributed by atoms with Crippen molar-refractivity contribution in [2.75, 3.05) is 11.9 Å². The van der Waals surface area contributed by atoms with E-state index in [4.69, 9.17) is 4.74 Å². The lowest BCUT2D eigenvalue weighted by Gasteiger charge is -2.16. The van der Waals surface area contributed by atoms with E-state index in [0.29, 0.717) is 35.6 Å². The van der Waals surface area contributed by atoms with Gasteiger partial charge in [-0.05, 0) is 48.9 Å². The maximum atomic E-state index is 13.4. The first-order valence-electron chi connectivity index (χ1n) is 15.1. The lowest BCUT2D eigenvalue weighted by molar-refractivity contribution is -0.0000244. The second-order valence-electron chi connectivity index (χ2n) is 10.6. The minimum Gasteiger partial charge on any atom is -1.00 e. The second kappa shape index (κ2) is 19.7. The van der Waals surface area contributed by atoms with E-state index in [1.807, 2.05) is 36.6 Å². The van der Waals surface area contributed by atoms with Crippen molar-refractivity contribution in [2.45, 2.75) is 104 Å². The summed E-state index contributed by atoms with van der Waals surface area (Å²) in [7, 11) is 0. The normalized spacial score (nSPS) is 12.4. The number of para-hydroxylation sites is 1. The van der Waals surface area contributed by atoms with Crippen molar-refractivity contribution >= 4 is 34.2 Å². The summed E-state index contributed by atoms with van der Waals surface area (Å²) < 4.78 is 6.14. The van der Waals surface area contributed by atoms with Gasteiger partial charge in [0.2, 0.25) is 0 Å². The number of unbranched alkanes of at least 4 members (excludes halogenated alkanes) is 11. The maximum Gasteiger partial charge on any atom is 0.296 e. The van der Waals surface area contributed by atoms with Gasteiger partial charge in [-0.2, -0.15) is 0 Å². The third-order valence-corrected chi connectivity index (χ3v) is 8.12. The first-order valence-corrected chi connectivity index (χ1v) is 15.9. The highest BCUT2D eigenvalue weighted by Gasteiger charge is 2.24. The number of anilines is 1. The van der Waals surface area contributed by atoms with Crippen LogP contribution in [-0.2, 0) is 6.42 Å². The number of rotatable bonds is 19. The first kappa shape index (κ1) is 34.8. The number of carbonyl (C=O) groups excluding carboxylic acids is 2. The topological polar surface area (TPSA) is 69.5 Å². The minimum atomic E-state index is -0.222. The molecular weight excluding hydrogens is 596 g/mol. The fourth-order valence-electron chi connectivity index (χ4n) is 4.92. The zero-order chi connectivity index (χ0) is 28.6. The van der Waals surface area contributed by atoms with Crippen molar-refractivity contribution in [1.82, 2.24) is 4.99 Å². The van der Waals surface area contributed by atoms with Crippen LogP contribution < -0.4 is 32.0 Å². The molecule has 1 heterocycles. The van der Waals surface area contributed by atoms with Crippen LogP contribution in [0.25, 0.3) is 0 Å². The summed E-state index contributed by atoms with van der Waals surface area (Å²) in [6.45, 7) is 6.28. The Kier molecular flexibility index (Phi) is 16.7. The Bertz CT molecular complexity index is 1180. The highest BCUT2D eigenvalue weighted by Crippen LogP contribution is 2.31. The Hall–Kier alpha value is -2.38. The molecule has 0 saturated heterocycles. The van der Waals surface area contributed by atoms with Gasteiger partial charge in [0.25, 0.3) is 16.6 Å². The van der Waals surface area contributed by atoms with Crippen molar-refractivity contribution < 1.29 is 31.3 Å². The lowest BCUT2D eigenvalue weighted by Crippen LogP contribution is -3.00. The lowest BCUT2D eigenvalue weighted by atomic mass is 10.0. The molecule has 0 spiro atoms. The molecule has 0 unspecified atom stereocenters. The number of hydrogen-bond acceptors (Lipinski definition) is 5. The number of Topliss-reactive ketones (excluding diaryl/α,β-unsaturated/α-hetero) is 1. The van der Waals surface area contributed by atoms with Crippen LogP contribution in [0.1, 0.15) is 124 Å². The van der Waals surface area contributed by atoms with Crippen molar-refractivity contribution in [3.63, 3.8) is 0 Å². The van der Waals surface area contributed by atoms with E-state index in [1.54, 1.807) is 30.0 Å². The zero-order valence-corrected chi connectivity index (χ0v) is 27.4. The molecule has 0 atom stereocenters. The molecule has 0 aromatic heterocycles. The van der Waals surface area contributed by atoms with Gasteiger partial charge >= 0.3 is 0 Å². The molecule has 223 valence electrons. The number of nitrogens with one attached hydrogen (secondary N) is 1. The maximum absolute atomic E-state index is 13.4. The van der Waals surface area contributed by atoms with Gasteiger partial charge in [0, 0.05) is 12.5 Å². The molecular formula is C34H46BrN2O3S. The summed E-state index contributed by atoms with van der Waals surface area (Å²) in [5.74, 6) is 0.152. The Morgan fingerprint density at radius 2 is 1.44 bits per heavy atom. The quantitative estimate of drug-likeness (QED) is 0.148. The molecule has 0 saturated carbocycles. The van der Waals surface area contributed by atoms with E-state index in [0.717, 1.165) is 29.1 Å². The monoisotopic (exact) mass is 641 g/mol. The fraction of sp³-hybridized carbons (Fsp3) is 0.500. The van der Waals surface area contributed by atoms with Gasteiger partial charge in [-0.1, -0.05) is 102 Å². The van der Waals surface area contributed by atoms with E-state index in [9.17, 15) is 9.59 Å². The third-order valence-electron chi connectivity index (χ3n) is 7.16. The third kappa shape index (κ3) is 12.2. The number of thioether (sulfide) groups is 1. The Balaban J connectivity index is 0.00000588. The van der Waals surface area contributed by atoms with E-state index in [2.05, 4.69) is 17.2 Å². The van der Waals surface area contributed by atoms with Gasteiger partial charge in [-0.25, -0.2) is 0 Å². The summed E-state index contributed by atoms with van der Waals surface area (Å²) >= 11 is 1.60. The van der Waals surface area contributed by atoms with Crippen LogP contribution in [0.5, 0.6) is 5.75 Å². The fourth-order valence-corrected chi connectivity index (χ4v) is 5.71.